The molecule has 0 spiro atoms. The Morgan fingerprint density at radius 3 is 2.94 bits per heavy atom. The Kier molecular flexibility index (Phi) is 4.48. The van der Waals surface area contributed by atoms with E-state index < -0.39 is 0 Å². The first kappa shape index (κ1) is 14.1. The van der Waals surface area contributed by atoms with Crippen molar-refractivity contribution in [2.75, 3.05) is 26.7 Å². The van der Waals surface area contributed by atoms with Gasteiger partial charge in [0, 0.05) is 20.2 Å². The first-order valence-electron chi connectivity index (χ1n) is 6.32. The number of piperidine rings is 1. The topological polar surface area (TPSA) is 51.6 Å². The van der Waals surface area contributed by atoms with Crippen LogP contribution in [0.15, 0.2) is 21.2 Å². The van der Waals surface area contributed by atoms with Gasteiger partial charge in [-0.3, -0.25) is 4.90 Å². The number of methoxy groups -OCH3 is 1. The minimum Gasteiger partial charge on any atom is -0.453 e. The number of hydrogen-bond acceptors (Lipinski definition) is 4. The quantitative estimate of drug-likeness (QED) is 0.927. The normalized spacial score (nSPS) is 27.3. The zero-order valence-electron chi connectivity index (χ0n) is 11.0. The molecule has 5 heteroatoms. The second kappa shape index (κ2) is 5.74. The highest BCUT2D eigenvalue weighted by Crippen LogP contribution is 2.31. The molecular formula is C13H21BrN2O2. The highest BCUT2D eigenvalue weighted by atomic mass is 79.9. The van der Waals surface area contributed by atoms with E-state index in [2.05, 4.69) is 27.8 Å². The molecule has 1 aliphatic rings. The summed E-state index contributed by atoms with van der Waals surface area (Å²) in [6.07, 6.45) is 2.22. The van der Waals surface area contributed by atoms with Gasteiger partial charge in [0.05, 0.1) is 11.6 Å². The number of furan rings is 1. The van der Waals surface area contributed by atoms with Crippen LogP contribution in [0.2, 0.25) is 0 Å². The van der Waals surface area contributed by atoms with Gasteiger partial charge in [-0.1, -0.05) is 0 Å². The molecule has 1 saturated heterocycles. The summed E-state index contributed by atoms with van der Waals surface area (Å²) in [5.74, 6) is 0.921. The Balaban J connectivity index is 2.13. The van der Waals surface area contributed by atoms with E-state index in [9.17, 15) is 0 Å². The highest BCUT2D eigenvalue weighted by molar-refractivity contribution is 9.10. The van der Waals surface area contributed by atoms with Crippen LogP contribution < -0.4 is 5.73 Å². The van der Waals surface area contributed by atoms with Crippen molar-refractivity contribution in [2.45, 2.75) is 31.4 Å². The molecule has 1 aromatic rings. The lowest BCUT2D eigenvalue weighted by Gasteiger charge is -2.42. The molecule has 1 fully saturated rings. The van der Waals surface area contributed by atoms with Crippen LogP contribution in [0.5, 0.6) is 0 Å². The van der Waals surface area contributed by atoms with Crippen LogP contribution >= 0.6 is 15.9 Å². The Morgan fingerprint density at radius 2 is 2.39 bits per heavy atom. The summed E-state index contributed by atoms with van der Waals surface area (Å²) in [4.78, 5) is 2.36. The summed E-state index contributed by atoms with van der Waals surface area (Å²) in [6.45, 7) is 4.65. The molecule has 0 amide bonds. The Morgan fingerprint density at radius 1 is 1.61 bits per heavy atom. The fourth-order valence-corrected chi connectivity index (χ4v) is 2.95. The SMILES string of the molecule is COC1(C)CCCN(C(CN)c2ccc(Br)o2)C1. The van der Waals surface area contributed by atoms with Crippen molar-refractivity contribution in [3.05, 3.63) is 22.6 Å². The van der Waals surface area contributed by atoms with E-state index in [1.165, 1.54) is 0 Å². The highest BCUT2D eigenvalue weighted by Gasteiger charge is 2.34. The number of ether oxygens (including phenoxy) is 1. The molecule has 2 N–H and O–H groups in total. The maximum absolute atomic E-state index is 5.92. The fraction of sp³-hybridized carbons (Fsp3) is 0.692. The third-order valence-electron chi connectivity index (χ3n) is 3.77. The zero-order chi connectivity index (χ0) is 13.2. The van der Waals surface area contributed by atoms with Crippen molar-refractivity contribution in [2.24, 2.45) is 5.73 Å². The molecule has 1 aliphatic heterocycles. The molecule has 2 heterocycles. The molecule has 18 heavy (non-hydrogen) atoms. The smallest absolute Gasteiger partial charge is 0.169 e. The third kappa shape index (κ3) is 2.96. The second-order valence-corrected chi connectivity index (χ2v) is 5.90. The fourth-order valence-electron chi connectivity index (χ4n) is 2.63. The van der Waals surface area contributed by atoms with E-state index in [0.29, 0.717) is 6.54 Å². The summed E-state index contributed by atoms with van der Waals surface area (Å²) in [5.41, 5.74) is 5.84. The van der Waals surface area contributed by atoms with Crippen LogP contribution in [-0.4, -0.2) is 37.2 Å². The van der Waals surface area contributed by atoms with Gasteiger partial charge in [-0.2, -0.15) is 0 Å². The van der Waals surface area contributed by atoms with Gasteiger partial charge in [0.1, 0.15) is 5.76 Å². The summed E-state index contributed by atoms with van der Waals surface area (Å²) in [6, 6.07) is 4.03. The van der Waals surface area contributed by atoms with Crippen molar-refractivity contribution >= 4 is 15.9 Å². The average Bonchev–Trinajstić information content (AvgIpc) is 2.77. The Bertz CT molecular complexity index is 396. The van der Waals surface area contributed by atoms with Crippen LogP contribution in [0.25, 0.3) is 0 Å². The first-order valence-corrected chi connectivity index (χ1v) is 7.12. The summed E-state index contributed by atoms with van der Waals surface area (Å²) >= 11 is 3.34. The van der Waals surface area contributed by atoms with Crippen LogP contribution in [0, 0.1) is 0 Å². The summed E-state index contributed by atoms with van der Waals surface area (Å²) in [7, 11) is 1.78. The average molecular weight is 317 g/mol. The van der Waals surface area contributed by atoms with Crippen LogP contribution in [0.4, 0.5) is 0 Å². The molecule has 102 valence electrons. The first-order chi connectivity index (χ1) is 8.58. The van der Waals surface area contributed by atoms with Crippen molar-refractivity contribution < 1.29 is 9.15 Å². The van der Waals surface area contributed by atoms with E-state index in [1.54, 1.807) is 7.11 Å². The predicted octanol–water partition coefficient (Wildman–Crippen LogP) is 2.54. The minimum atomic E-state index is -0.0739. The number of hydrogen-bond donors (Lipinski definition) is 1. The lowest BCUT2D eigenvalue weighted by atomic mass is 9.93. The number of rotatable bonds is 4. The lowest BCUT2D eigenvalue weighted by molar-refractivity contribution is -0.0627. The Hall–Kier alpha value is -0.360. The Labute approximate surface area is 117 Å². The number of nitrogens with two attached hydrogens (primary N) is 1. The molecule has 0 aromatic carbocycles. The van der Waals surface area contributed by atoms with Crippen LogP contribution in [-0.2, 0) is 4.74 Å². The molecule has 2 rings (SSSR count). The van der Waals surface area contributed by atoms with Gasteiger partial charge in [-0.15, -0.1) is 0 Å². The maximum Gasteiger partial charge on any atom is 0.169 e. The van der Waals surface area contributed by atoms with E-state index in [0.717, 1.165) is 36.4 Å². The molecule has 0 bridgehead atoms. The van der Waals surface area contributed by atoms with Gasteiger partial charge < -0.3 is 14.9 Å². The lowest BCUT2D eigenvalue weighted by Crippen LogP contribution is -2.49. The van der Waals surface area contributed by atoms with Crippen LogP contribution in [0.1, 0.15) is 31.6 Å². The van der Waals surface area contributed by atoms with Crippen molar-refractivity contribution in [3.8, 4) is 0 Å². The van der Waals surface area contributed by atoms with E-state index in [4.69, 9.17) is 14.9 Å². The molecule has 1 aromatic heterocycles. The van der Waals surface area contributed by atoms with Gasteiger partial charge in [0.15, 0.2) is 4.67 Å². The third-order valence-corrected chi connectivity index (χ3v) is 4.19. The van der Waals surface area contributed by atoms with Crippen molar-refractivity contribution in [1.29, 1.82) is 0 Å². The van der Waals surface area contributed by atoms with E-state index >= 15 is 0 Å². The standard InChI is InChI=1S/C13H21BrN2O2/c1-13(17-2)6-3-7-16(9-13)10(8-15)11-4-5-12(14)18-11/h4-5,10H,3,6-9,15H2,1-2H3. The number of nitrogens with zero attached hydrogens (tertiary/aromatic N) is 1. The van der Waals surface area contributed by atoms with Crippen LogP contribution in [0.3, 0.4) is 0 Å². The molecule has 0 radical (unpaired) electrons. The molecule has 2 unspecified atom stereocenters. The predicted molar refractivity (Wildman–Crippen MR) is 74.4 cm³/mol. The van der Waals surface area contributed by atoms with Gasteiger partial charge in [0.25, 0.3) is 0 Å². The van der Waals surface area contributed by atoms with Gasteiger partial charge in [0.2, 0.25) is 0 Å². The largest absolute Gasteiger partial charge is 0.453 e. The van der Waals surface area contributed by atoms with Gasteiger partial charge in [-0.05, 0) is 54.4 Å². The molecular weight excluding hydrogens is 296 g/mol. The van der Waals surface area contributed by atoms with Gasteiger partial charge in [-0.25, -0.2) is 0 Å². The van der Waals surface area contributed by atoms with E-state index in [1.807, 2.05) is 12.1 Å². The van der Waals surface area contributed by atoms with Crippen molar-refractivity contribution in [3.63, 3.8) is 0 Å². The zero-order valence-corrected chi connectivity index (χ0v) is 12.6. The molecule has 2 atom stereocenters. The minimum absolute atomic E-state index is 0.0739. The summed E-state index contributed by atoms with van der Waals surface area (Å²) < 4.78 is 12.0. The molecule has 4 nitrogen and oxygen atoms in total. The second-order valence-electron chi connectivity index (χ2n) is 5.12. The monoisotopic (exact) mass is 316 g/mol. The van der Waals surface area contributed by atoms with Gasteiger partial charge >= 0.3 is 0 Å². The summed E-state index contributed by atoms with van der Waals surface area (Å²) in [5, 5.41) is 0. The molecule has 0 saturated carbocycles. The molecule has 0 aliphatic carbocycles. The maximum atomic E-state index is 5.92. The van der Waals surface area contributed by atoms with Crippen molar-refractivity contribution in [1.82, 2.24) is 4.90 Å². The van der Waals surface area contributed by atoms with E-state index in [-0.39, 0.29) is 11.6 Å². The number of likely N-dealkylation sites (tertiary alicyclic amines) is 1. The number of halogens is 1.